The van der Waals surface area contributed by atoms with Gasteiger partial charge in [0.05, 0.1) is 22.5 Å². The molecule has 0 fully saturated rings. The van der Waals surface area contributed by atoms with Crippen molar-refractivity contribution in [2.45, 2.75) is 6.92 Å². The van der Waals surface area contributed by atoms with Crippen LogP contribution in [0.2, 0.25) is 0 Å². The number of carbonyl (C=O) groups excluding carboxylic acids is 1. The molecule has 6 nitrogen and oxygen atoms in total. The Morgan fingerprint density at radius 3 is 2.13 bits per heavy atom. The van der Waals surface area contributed by atoms with Crippen LogP contribution >= 0.6 is 0 Å². The van der Waals surface area contributed by atoms with Crippen LogP contribution in [0.15, 0.2) is 66.9 Å². The Hall–Kier alpha value is -3.95. The highest BCUT2D eigenvalue weighted by Crippen LogP contribution is 2.37. The fourth-order valence-electron chi connectivity index (χ4n) is 3.42. The lowest BCUT2D eigenvalue weighted by Gasteiger charge is -2.19. The summed E-state index contributed by atoms with van der Waals surface area (Å²) in [4.78, 5) is 19.6. The lowest BCUT2D eigenvalue weighted by molar-refractivity contribution is 0.0953. The van der Waals surface area contributed by atoms with Crippen LogP contribution in [0.3, 0.4) is 0 Å². The fraction of sp³-hybridized carbons (Fsp3) is 0.125. The zero-order valence-corrected chi connectivity index (χ0v) is 17.2. The van der Waals surface area contributed by atoms with Crippen molar-refractivity contribution >= 4 is 11.5 Å². The lowest BCUT2D eigenvalue weighted by atomic mass is 9.89. The molecule has 0 aliphatic rings. The lowest BCUT2D eigenvalue weighted by Crippen LogP contribution is -2.32. The topological polar surface area (TPSA) is 95.0 Å². The van der Waals surface area contributed by atoms with Gasteiger partial charge in [-0.25, -0.2) is 10.8 Å². The fourth-order valence-corrected chi connectivity index (χ4v) is 3.42. The number of pyridine rings is 1. The average molecular weight is 397 g/mol. The van der Waals surface area contributed by atoms with E-state index in [1.165, 1.54) is 0 Å². The number of hydrogen-bond acceptors (Lipinski definition) is 5. The molecular formula is C24H23N5O. The molecular weight excluding hydrogens is 374 g/mol. The Bertz CT molecular complexity index is 1130. The second kappa shape index (κ2) is 9.03. The third-order valence-corrected chi connectivity index (χ3v) is 4.60. The molecule has 6 heteroatoms. The second-order valence-electron chi connectivity index (χ2n) is 7.03. The van der Waals surface area contributed by atoms with Crippen molar-refractivity contribution in [3.05, 3.63) is 83.7 Å². The minimum atomic E-state index is -0.501. The summed E-state index contributed by atoms with van der Waals surface area (Å²) >= 11 is 0. The molecule has 3 N–H and O–H groups in total. The Balaban J connectivity index is 2.52. The smallest absolute Gasteiger partial charge is 0.268 e. The number of benzene rings is 2. The maximum atomic E-state index is 12.9. The monoisotopic (exact) mass is 397 g/mol. The van der Waals surface area contributed by atoms with Crippen LogP contribution in [0.1, 0.15) is 28.5 Å². The zero-order chi connectivity index (χ0) is 21.7. The minimum absolute atomic E-state index is 0.274. The highest BCUT2D eigenvalue weighted by Gasteiger charge is 2.26. The molecule has 0 aliphatic carbocycles. The molecule has 1 amide bonds. The average Bonchev–Trinajstić information content (AvgIpc) is 2.77. The predicted octanol–water partition coefficient (Wildman–Crippen LogP) is 3.81. The molecule has 30 heavy (non-hydrogen) atoms. The second-order valence-corrected chi connectivity index (χ2v) is 7.03. The van der Waals surface area contributed by atoms with Gasteiger partial charge in [-0.15, -0.1) is 0 Å². The number of amides is 1. The Labute approximate surface area is 176 Å². The number of nitrogens with one attached hydrogen (secondary N) is 1. The van der Waals surface area contributed by atoms with Gasteiger partial charge in [-0.3, -0.25) is 10.2 Å². The molecule has 0 saturated heterocycles. The summed E-state index contributed by atoms with van der Waals surface area (Å²) in [6.07, 6.45) is 1.88. The zero-order valence-electron chi connectivity index (χ0n) is 17.2. The number of nitrogens with two attached hydrogens (primary N) is 1. The molecule has 0 atom stereocenters. The van der Waals surface area contributed by atoms with E-state index in [9.17, 15) is 10.1 Å². The first-order chi connectivity index (χ1) is 14.5. The van der Waals surface area contributed by atoms with E-state index in [0.29, 0.717) is 22.5 Å². The SMILES string of the molecule is C/C(=C\N(C)C)c1nc(-c2ccccc2)c(C#N)c(-c2ccccc2)c1C(=O)NN. The van der Waals surface area contributed by atoms with Gasteiger partial charge >= 0.3 is 0 Å². The Morgan fingerprint density at radius 2 is 1.63 bits per heavy atom. The highest BCUT2D eigenvalue weighted by molar-refractivity contribution is 6.06. The molecule has 0 bridgehead atoms. The summed E-state index contributed by atoms with van der Waals surface area (Å²) in [6.45, 7) is 1.88. The predicted molar refractivity (Wildman–Crippen MR) is 119 cm³/mol. The Morgan fingerprint density at radius 1 is 1.07 bits per heavy atom. The molecule has 3 rings (SSSR count). The van der Waals surface area contributed by atoms with Crippen LogP contribution in [-0.2, 0) is 0 Å². The van der Waals surface area contributed by atoms with E-state index >= 15 is 0 Å². The van der Waals surface area contributed by atoms with E-state index in [1.54, 1.807) is 0 Å². The van der Waals surface area contributed by atoms with Gasteiger partial charge in [0.1, 0.15) is 6.07 Å². The number of allylic oxidation sites excluding steroid dienone is 1. The number of hydrogen-bond donors (Lipinski definition) is 2. The van der Waals surface area contributed by atoms with E-state index in [-0.39, 0.29) is 5.56 Å². The molecule has 0 radical (unpaired) electrons. The van der Waals surface area contributed by atoms with Crippen molar-refractivity contribution in [1.29, 1.82) is 5.26 Å². The molecule has 0 saturated carbocycles. The van der Waals surface area contributed by atoms with Gasteiger partial charge in [-0.05, 0) is 18.1 Å². The van der Waals surface area contributed by atoms with Crippen molar-refractivity contribution < 1.29 is 4.79 Å². The molecule has 0 unspecified atom stereocenters. The number of nitrogens with zero attached hydrogens (tertiary/aromatic N) is 3. The van der Waals surface area contributed by atoms with Crippen molar-refractivity contribution in [1.82, 2.24) is 15.3 Å². The highest BCUT2D eigenvalue weighted by atomic mass is 16.2. The quantitative estimate of drug-likeness (QED) is 0.388. The summed E-state index contributed by atoms with van der Waals surface area (Å²) in [6, 6.07) is 21.1. The molecule has 2 aromatic carbocycles. The van der Waals surface area contributed by atoms with Gasteiger partial charge in [0.15, 0.2) is 0 Å². The summed E-state index contributed by atoms with van der Waals surface area (Å²) in [7, 11) is 3.79. The first-order valence-electron chi connectivity index (χ1n) is 9.43. The van der Waals surface area contributed by atoms with E-state index in [0.717, 1.165) is 16.7 Å². The molecule has 0 aliphatic heterocycles. The van der Waals surface area contributed by atoms with Gasteiger partial charge in [0.25, 0.3) is 5.91 Å². The van der Waals surface area contributed by atoms with E-state index < -0.39 is 5.91 Å². The van der Waals surface area contributed by atoms with Gasteiger partial charge in [-0.1, -0.05) is 60.7 Å². The van der Waals surface area contributed by atoms with Crippen LogP contribution < -0.4 is 11.3 Å². The molecule has 1 aromatic heterocycles. The van der Waals surface area contributed by atoms with E-state index in [2.05, 4.69) is 11.5 Å². The van der Waals surface area contributed by atoms with Gasteiger partial charge in [0, 0.05) is 31.4 Å². The normalized spacial score (nSPS) is 11.0. The van der Waals surface area contributed by atoms with E-state index in [1.807, 2.05) is 92.8 Å². The van der Waals surface area contributed by atoms with E-state index in [4.69, 9.17) is 10.8 Å². The number of nitriles is 1. The maximum Gasteiger partial charge on any atom is 0.268 e. The summed E-state index contributed by atoms with van der Waals surface area (Å²) in [5.41, 5.74) is 6.64. The van der Waals surface area contributed by atoms with Crippen molar-refractivity contribution in [2.24, 2.45) is 5.84 Å². The summed E-state index contributed by atoms with van der Waals surface area (Å²) < 4.78 is 0. The number of aromatic nitrogens is 1. The number of rotatable bonds is 5. The largest absolute Gasteiger partial charge is 0.383 e. The van der Waals surface area contributed by atoms with Gasteiger partial charge < -0.3 is 4.90 Å². The summed E-state index contributed by atoms with van der Waals surface area (Å²) in [5.74, 6) is 5.02. The van der Waals surface area contributed by atoms with Crippen LogP contribution in [-0.4, -0.2) is 29.9 Å². The van der Waals surface area contributed by atoms with Gasteiger partial charge in [-0.2, -0.15) is 5.26 Å². The van der Waals surface area contributed by atoms with Gasteiger partial charge in [0.2, 0.25) is 0 Å². The standard InChI is InChI=1S/C24H23N5O/c1-16(15-29(2)3)22-21(24(30)28-26)20(17-10-6-4-7-11-17)19(14-25)23(27-22)18-12-8-5-9-13-18/h4-13,15H,26H2,1-3H3,(H,28,30)/b16-15+. The Kier molecular flexibility index (Phi) is 6.26. The molecule has 0 spiro atoms. The molecule has 150 valence electrons. The number of nitrogen functional groups attached to an aromatic ring is 1. The third-order valence-electron chi connectivity index (χ3n) is 4.60. The van der Waals surface area contributed by atoms with Crippen molar-refractivity contribution in [2.75, 3.05) is 14.1 Å². The number of carbonyl (C=O) groups is 1. The number of hydrazine groups is 1. The van der Waals surface area contributed by atoms with Crippen LogP contribution in [0, 0.1) is 11.3 Å². The summed E-state index contributed by atoms with van der Waals surface area (Å²) in [5, 5.41) is 10.1. The van der Waals surface area contributed by atoms with Crippen LogP contribution in [0.25, 0.3) is 28.0 Å². The first kappa shape index (κ1) is 20.8. The third kappa shape index (κ3) is 4.07. The maximum absolute atomic E-state index is 12.9. The molecule has 3 aromatic rings. The van der Waals surface area contributed by atoms with Crippen molar-refractivity contribution in [3.63, 3.8) is 0 Å². The van der Waals surface area contributed by atoms with Crippen LogP contribution in [0.4, 0.5) is 0 Å². The van der Waals surface area contributed by atoms with Crippen molar-refractivity contribution in [3.8, 4) is 28.5 Å². The first-order valence-corrected chi connectivity index (χ1v) is 9.43. The molecule has 1 heterocycles. The minimum Gasteiger partial charge on any atom is -0.383 e. The van der Waals surface area contributed by atoms with Crippen LogP contribution in [0.5, 0.6) is 0 Å².